The third-order valence-electron chi connectivity index (χ3n) is 5.22. The first-order valence-electron chi connectivity index (χ1n) is 10.6. The zero-order valence-corrected chi connectivity index (χ0v) is 21.6. The minimum Gasteiger partial charge on any atom is -0.348 e. The van der Waals surface area contributed by atoms with Gasteiger partial charge in [-0.25, -0.2) is 9.37 Å². The van der Waals surface area contributed by atoms with Gasteiger partial charge in [0.25, 0.3) is 5.56 Å². The number of aromatic amines is 1. The Morgan fingerprint density at radius 2 is 1.67 bits per heavy atom. The summed E-state index contributed by atoms with van der Waals surface area (Å²) in [5.41, 5.74) is -4.23. The first kappa shape index (κ1) is 30.5. The molecule has 1 aromatic heterocycles. The summed E-state index contributed by atoms with van der Waals surface area (Å²) >= 11 is 17.3. The molecule has 2 N–H and O–H groups in total. The van der Waals surface area contributed by atoms with Gasteiger partial charge in [0, 0.05) is 22.9 Å². The number of aromatic nitrogens is 2. The van der Waals surface area contributed by atoms with E-state index in [0.29, 0.717) is 6.07 Å². The lowest BCUT2D eigenvalue weighted by atomic mass is 9.95. The summed E-state index contributed by atoms with van der Waals surface area (Å²) in [6.07, 6.45) is -10.2. The predicted octanol–water partition coefficient (Wildman–Crippen LogP) is 8.01. The zero-order chi connectivity index (χ0) is 29.3. The average molecular weight is 617 g/mol. The number of H-pyrrole nitrogens is 1. The molecule has 208 valence electrons. The van der Waals surface area contributed by atoms with Crippen molar-refractivity contribution < 1.29 is 35.5 Å². The largest absolute Gasteiger partial charge is 0.417 e. The fourth-order valence-electron chi connectivity index (χ4n) is 3.47. The molecule has 0 spiro atoms. The Hall–Kier alpha value is -3.09. The molecule has 0 radical (unpaired) electrons. The van der Waals surface area contributed by atoms with Crippen LogP contribution in [0, 0.1) is 6.92 Å². The molecule has 0 aliphatic rings. The van der Waals surface area contributed by atoms with Crippen molar-refractivity contribution in [1.29, 1.82) is 0 Å². The van der Waals surface area contributed by atoms with Crippen molar-refractivity contribution in [3.63, 3.8) is 0 Å². The first-order chi connectivity index (χ1) is 18.0. The molecule has 5 nitrogen and oxygen atoms in total. The summed E-state index contributed by atoms with van der Waals surface area (Å²) in [6, 6.07) is 4.36. The summed E-state index contributed by atoms with van der Waals surface area (Å²) in [5.74, 6) is -5.58. The number of hydrogen-bond donors (Lipinski definition) is 2. The van der Waals surface area contributed by atoms with Crippen LogP contribution < -0.4 is 10.9 Å². The van der Waals surface area contributed by atoms with Crippen LogP contribution in [0.3, 0.4) is 0 Å². The number of allylic oxidation sites excluding steroid dienone is 1. The van der Waals surface area contributed by atoms with Gasteiger partial charge < -0.3 is 5.32 Å². The number of ketones is 1. The number of carbonyl (C=O) groups excluding carboxylic acids is 1. The zero-order valence-electron chi connectivity index (χ0n) is 19.4. The van der Waals surface area contributed by atoms with Crippen molar-refractivity contribution >= 4 is 52.4 Å². The number of anilines is 1. The number of rotatable bonds is 7. The Labute approximate surface area is 230 Å². The monoisotopic (exact) mass is 615 g/mol. The van der Waals surface area contributed by atoms with Crippen LogP contribution in [0.1, 0.15) is 38.7 Å². The molecule has 0 fully saturated rings. The fraction of sp³-hybridized carbons (Fsp3) is 0.208. The number of hydrogen-bond acceptors (Lipinski definition) is 4. The second-order valence-corrected chi connectivity index (χ2v) is 9.30. The second kappa shape index (κ2) is 11.6. The number of alkyl halides is 6. The van der Waals surface area contributed by atoms with Crippen molar-refractivity contribution in [3.05, 3.63) is 95.8 Å². The highest BCUT2D eigenvalue weighted by Gasteiger charge is 2.41. The number of carbonyl (C=O) groups is 1. The number of aryl methyl sites for hydroxylation is 1. The van der Waals surface area contributed by atoms with E-state index in [0.717, 1.165) is 24.3 Å². The van der Waals surface area contributed by atoms with Crippen LogP contribution >= 0.6 is 34.8 Å². The molecule has 2 aromatic carbocycles. The van der Waals surface area contributed by atoms with Crippen LogP contribution in [-0.2, 0) is 6.18 Å². The number of halogens is 10. The number of nitrogens with zero attached hydrogens (tertiary/aromatic N) is 1. The molecule has 0 bridgehead atoms. The predicted molar refractivity (Wildman–Crippen MR) is 133 cm³/mol. The molecule has 1 atom stereocenters. The van der Waals surface area contributed by atoms with E-state index in [9.17, 15) is 40.3 Å². The van der Waals surface area contributed by atoms with Crippen LogP contribution in [0.2, 0.25) is 15.1 Å². The standard InChI is InChI=1S/C24H15Cl3F7N3O2/c1-10-4-20(39)37-22(36-10)35-9-19(38)13-3-2-11(5-15(13)24(32,33)34)18(28)8-14(23(29,30)31)12-6-16(25)21(27)17(26)7-12/h2-8,14H,9H2,1H3,(H2,35,36,37,39)/b18-8-. The molecular formula is C24H15Cl3F7N3O2. The van der Waals surface area contributed by atoms with Gasteiger partial charge in [-0.15, -0.1) is 0 Å². The van der Waals surface area contributed by atoms with E-state index in [-0.39, 0.29) is 38.9 Å². The average Bonchev–Trinajstić information content (AvgIpc) is 2.81. The van der Waals surface area contributed by atoms with Crippen molar-refractivity contribution in [3.8, 4) is 0 Å². The molecule has 0 aliphatic heterocycles. The molecule has 0 amide bonds. The highest BCUT2D eigenvalue weighted by molar-refractivity contribution is 6.48. The van der Waals surface area contributed by atoms with Crippen molar-refractivity contribution in [2.45, 2.75) is 25.2 Å². The van der Waals surface area contributed by atoms with Gasteiger partial charge in [0.2, 0.25) is 5.95 Å². The van der Waals surface area contributed by atoms with Gasteiger partial charge in [-0.1, -0.05) is 46.9 Å². The van der Waals surface area contributed by atoms with E-state index >= 15 is 0 Å². The number of benzene rings is 2. The SMILES string of the molecule is Cc1cc(=O)[nH]c(NCC(=O)c2ccc(/C(F)=C/C(c3cc(Cl)c(Cl)c(Cl)c3)C(F)(F)F)cc2C(F)(F)F)n1. The Morgan fingerprint density at radius 3 is 2.21 bits per heavy atom. The van der Waals surface area contributed by atoms with Gasteiger partial charge in [0.1, 0.15) is 11.7 Å². The quantitative estimate of drug-likeness (QED) is 0.160. The maximum Gasteiger partial charge on any atom is 0.417 e. The molecule has 3 aromatic rings. The van der Waals surface area contributed by atoms with Crippen LogP contribution in [0.15, 0.2) is 47.3 Å². The van der Waals surface area contributed by atoms with Gasteiger partial charge in [-0.05, 0) is 36.8 Å². The van der Waals surface area contributed by atoms with Crippen LogP contribution in [-0.4, -0.2) is 28.5 Å². The maximum absolute atomic E-state index is 15.0. The second-order valence-electron chi connectivity index (χ2n) is 8.10. The van der Waals surface area contributed by atoms with Gasteiger partial charge in [0.05, 0.1) is 27.2 Å². The smallest absolute Gasteiger partial charge is 0.348 e. The summed E-state index contributed by atoms with van der Waals surface area (Å²) in [4.78, 5) is 30.2. The molecule has 0 saturated carbocycles. The Morgan fingerprint density at radius 1 is 1.05 bits per heavy atom. The summed E-state index contributed by atoms with van der Waals surface area (Å²) in [5, 5.41) is 1.47. The van der Waals surface area contributed by atoms with E-state index in [1.165, 1.54) is 6.92 Å². The van der Waals surface area contributed by atoms with E-state index in [1.54, 1.807) is 0 Å². The number of nitrogens with one attached hydrogen (secondary N) is 2. The Bertz CT molecular complexity index is 1480. The van der Waals surface area contributed by atoms with Crippen molar-refractivity contribution in [2.24, 2.45) is 0 Å². The van der Waals surface area contributed by atoms with E-state index in [2.05, 4.69) is 15.3 Å². The molecule has 1 unspecified atom stereocenters. The fourth-order valence-corrected chi connectivity index (χ4v) is 4.08. The topological polar surface area (TPSA) is 74.8 Å². The highest BCUT2D eigenvalue weighted by Crippen LogP contribution is 2.42. The lowest BCUT2D eigenvalue weighted by molar-refractivity contribution is -0.140. The Balaban J connectivity index is 1.99. The van der Waals surface area contributed by atoms with Gasteiger partial charge in [-0.2, -0.15) is 26.3 Å². The highest BCUT2D eigenvalue weighted by atomic mass is 35.5. The summed E-state index contributed by atoms with van der Waals surface area (Å²) in [6.45, 7) is 0.742. The molecule has 1 heterocycles. The van der Waals surface area contributed by atoms with Crippen LogP contribution in [0.25, 0.3) is 5.83 Å². The van der Waals surface area contributed by atoms with Crippen molar-refractivity contribution in [1.82, 2.24) is 9.97 Å². The summed E-state index contributed by atoms with van der Waals surface area (Å²) < 4.78 is 97.6. The van der Waals surface area contributed by atoms with Gasteiger partial charge >= 0.3 is 12.4 Å². The van der Waals surface area contributed by atoms with Gasteiger partial charge in [-0.3, -0.25) is 14.6 Å². The molecule has 3 rings (SSSR count). The minimum absolute atomic E-state index is 0.0637. The lowest BCUT2D eigenvalue weighted by Crippen LogP contribution is -2.22. The third-order valence-corrected chi connectivity index (χ3v) is 6.42. The normalized spacial score (nSPS) is 13.4. The summed E-state index contributed by atoms with van der Waals surface area (Å²) in [7, 11) is 0. The van der Waals surface area contributed by atoms with Gasteiger partial charge in [0.15, 0.2) is 5.78 Å². The van der Waals surface area contributed by atoms with Crippen LogP contribution in [0.5, 0.6) is 0 Å². The first-order valence-corrected chi connectivity index (χ1v) is 11.8. The minimum atomic E-state index is -5.17. The molecule has 0 saturated heterocycles. The molecule has 39 heavy (non-hydrogen) atoms. The Kier molecular flexibility index (Phi) is 9.03. The molecule has 0 aliphatic carbocycles. The number of Topliss-reactive ketones (excluding diaryl/α,β-unsaturated/α-hetero) is 1. The van der Waals surface area contributed by atoms with E-state index < -0.39 is 64.2 Å². The maximum atomic E-state index is 15.0. The molecular weight excluding hydrogens is 602 g/mol. The van der Waals surface area contributed by atoms with Crippen molar-refractivity contribution in [2.75, 3.05) is 11.9 Å². The molecule has 15 heteroatoms. The van der Waals surface area contributed by atoms with Crippen LogP contribution in [0.4, 0.5) is 36.7 Å². The van der Waals surface area contributed by atoms with E-state index in [1.807, 2.05) is 0 Å². The van der Waals surface area contributed by atoms with E-state index in [4.69, 9.17) is 34.8 Å². The third kappa shape index (κ3) is 7.52. The lowest BCUT2D eigenvalue weighted by Gasteiger charge is -2.19.